The van der Waals surface area contributed by atoms with E-state index < -0.39 is 0 Å². The molecular formula is C15H22N2O. The van der Waals surface area contributed by atoms with Gasteiger partial charge in [-0.2, -0.15) is 0 Å². The summed E-state index contributed by atoms with van der Waals surface area (Å²) in [5, 5.41) is 13.8. The van der Waals surface area contributed by atoms with Crippen LogP contribution in [0.25, 0.3) is 0 Å². The highest BCUT2D eigenvalue weighted by Gasteiger charge is 2.41. The highest BCUT2D eigenvalue weighted by Crippen LogP contribution is 2.33. The van der Waals surface area contributed by atoms with E-state index in [1.54, 1.807) is 0 Å². The van der Waals surface area contributed by atoms with Gasteiger partial charge in [-0.15, -0.1) is 0 Å². The summed E-state index contributed by atoms with van der Waals surface area (Å²) in [4.78, 5) is 2.45. The number of benzene rings is 1. The number of nitrogens with one attached hydrogen (secondary N) is 1. The molecule has 4 unspecified atom stereocenters. The molecule has 0 radical (unpaired) electrons. The second-order valence-corrected chi connectivity index (χ2v) is 5.70. The number of aliphatic hydroxyl groups excluding tert-OH is 1. The minimum Gasteiger partial charge on any atom is -0.387 e. The average molecular weight is 246 g/mol. The van der Waals surface area contributed by atoms with Crippen molar-refractivity contribution in [3.8, 4) is 0 Å². The molecule has 3 nitrogen and oxygen atoms in total. The Kier molecular flexibility index (Phi) is 3.37. The van der Waals surface area contributed by atoms with Crippen molar-refractivity contribution in [3.63, 3.8) is 0 Å². The Balaban J connectivity index is 1.64. The maximum Gasteiger partial charge on any atom is 0.0917 e. The maximum atomic E-state index is 10.3. The first-order valence-corrected chi connectivity index (χ1v) is 6.93. The fourth-order valence-corrected chi connectivity index (χ4v) is 3.50. The first kappa shape index (κ1) is 12.2. The monoisotopic (exact) mass is 246 g/mol. The maximum absolute atomic E-state index is 10.3. The highest BCUT2D eigenvalue weighted by molar-refractivity contribution is 5.17. The standard InChI is InChI=1S/C15H22N2O/c1-11-14-8-16-7-13(14)9-17(11)10-15(18)12-5-3-2-4-6-12/h2-6,11,13-16,18H,7-10H2,1H3. The van der Waals surface area contributed by atoms with Gasteiger partial charge in [0.25, 0.3) is 0 Å². The fourth-order valence-electron chi connectivity index (χ4n) is 3.50. The molecule has 1 aromatic rings. The number of nitrogens with zero attached hydrogens (tertiary/aromatic N) is 1. The minimum absolute atomic E-state index is 0.361. The number of fused-ring (bicyclic) bond motifs is 1. The summed E-state index contributed by atoms with van der Waals surface area (Å²) in [6, 6.07) is 10.6. The normalized spacial score (nSPS) is 33.6. The summed E-state index contributed by atoms with van der Waals surface area (Å²) in [5.41, 5.74) is 1.03. The molecule has 2 aliphatic heterocycles. The third-order valence-electron chi connectivity index (χ3n) is 4.65. The summed E-state index contributed by atoms with van der Waals surface area (Å²) in [6.45, 7) is 6.48. The van der Waals surface area contributed by atoms with Crippen LogP contribution in [-0.4, -0.2) is 42.2 Å². The lowest BCUT2D eigenvalue weighted by atomic mass is 9.95. The second kappa shape index (κ2) is 5.00. The molecule has 0 aliphatic carbocycles. The van der Waals surface area contributed by atoms with Crippen LogP contribution in [0.5, 0.6) is 0 Å². The molecule has 0 amide bonds. The molecule has 2 N–H and O–H groups in total. The minimum atomic E-state index is -0.361. The number of hydrogen-bond donors (Lipinski definition) is 2. The van der Waals surface area contributed by atoms with Crippen LogP contribution in [0.1, 0.15) is 18.6 Å². The summed E-state index contributed by atoms with van der Waals surface area (Å²) in [6.07, 6.45) is -0.361. The van der Waals surface area contributed by atoms with Gasteiger partial charge in [-0.1, -0.05) is 30.3 Å². The smallest absolute Gasteiger partial charge is 0.0917 e. The molecule has 2 fully saturated rings. The summed E-state index contributed by atoms with van der Waals surface area (Å²) < 4.78 is 0. The number of hydrogen-bond acceptors (Lipinski definition) is 3. The number of aliphatic hydroxyl groups is 1. The van der Waals surface area contributed by atoms with Gasteiger partial charge in [0, 0.05) is 19.1 Å². The van der Waals surface area contributed by atoms with Crippen LogP contribution in [-0.2, 0) is 0 Å². The quantitative estimate of drug-likeness (QED) is 0.843. The fraction of sp³-hybridized carbons (Fsp3) is 0.600. The van der Waals surface area contributed by atoms with Crippen molar-refractivity contribution in [2.75, 3.05) is 26.2 Å². The van der Waals surface area contributed by atoms with Gasteiger partial charge in [-0.05, 0) is 37.4 Å². The Labute approximate surface area is 109 Å². The van der Waals surface area contributed by atoms with Crippen LogP contribution in [0, 0.1) is 11.8 Å². The predicted molar refractivity (Wildman–Crippen MR) is 72.3 cm³/mol. The van der Waals surface area contributed by atoms with E-state index in [1.807, 2.05) is 30.3 Å². The van der Waals surface area contributed by atoms with E-state index in [9.17, 15) is 5.11 Å². The van der Waals surface area contributed by atoms with E-state index in [-0.39, 0.29) is 6.10 Å². The predicted octanol–water partition coefficient (Wildman–Crippen LogP) is 1.26. The van der Waals surface area contributed by atoms with Gasteiger partial charge in [0.1, 0.15) is 0 Å². The van der Waals surface area contributed by atoms with E-state index in [0.717, 1.165) is 43.6 Å². The van der Waals surface area contributed by atoms with Crippen LogP contribution in [0.3, 0.4) is 0 Å². The summed E-state index contributed by atoms with van der Waals surface area (Å²) in [5.74, 6) is 1.55. The van der Waals surface area contributed by atoms with Gasteiger partial charge >= 0.3 is 0 Å². The summed E-state index contributed by atoms with van der Waals surface area (Å²) in [7, 11) is 0. The van der Waals surface area contributed by atoms with Crippen molar-refractivity contribution >= 4 is 0 Å². The van der Waals surface area contributed by atoms with Crippen LogP contribution in [0.4, 0.5) is 0 Å². The molecule has 3 heteroatoms. The lowest BCUT2D eigenvalue weighted by molar-refractivity contribution is 0.103. The molecule has 2 saturated heterocycles. The highest BCUT2D eigenvalue weighted by atomic mass is 16.3. The van der Waals surface area contributed by atoms with Gasteiger partial charge in [-0.25, -0.2) is 0 Å². The van der Waals surface area contributed by atoms with Crippen molar-refractivity contribution < 1.29 is 5.11 Å². The van der Waals surface area contributed by atoms with E-state index in [2.05, 4.69) is 17.1 Å². The number of β-amino-alcohol motifs (C(OH)–C–C–N with tert-alkyl or cyclic N) is 1. The zero-order valence-electron chi connectivity index (χ0n) is 10.9. The van der Waals surface area contributed by atoms with Crippen molar-refractivity contribution in [1.82, 2.24) is 10.2 Å². The zero-order valence-corrected chi connectivity index (χ0v) is 10.9. The molecule has 0 aromatic heterocycles. The number of likely N-dealkylation sites (tertiary alicyclic amines) is 1. The van der Waals surface area contributed by atoms with E-state index in [4.69, 9.17) is 0 Å². The lowest BCUT2D eigenvalue weighted by Crippen LogP contribution is -2.36. The van der Waals surface area contributed by atoms with E-state index in [0.29, 0.717) is 6.04 Å². The second-order valence-electron chi connectivity index (χ2n) is 5.70. The third kappa shape index (κ3) is 2.18. The van der Waals surface area contributed by atoms with Crippen LogP contribution >= 0.6 is 0 Å². The van der Waals surface area contributed by atoms with Crippen molar-refractivity contribution in [2.45, 2.75) is 19.1 Å². The Morgan fingerprint density at radius 2 is 2.11 bits per heavy atom. The molecular weight excluding hydrogens is 224 g/mol. The van der Waals surface area contributed by atoms with Crippen molar-refractivity contribution in [3.05, 3.63) is 35.9 Å². The molecule has 0 bridgehead atoms. The Morgan fingerprint density at radius 3 is 2.83 bits per heavy atom. The van der Waals surface area contributed by atoms with Gasteiger partial charge in [0.2, 0.25) is 0 Å². The average Bonchev–Trinajstić information content (AvgIpc) is 2.95. The first-order chi connectivity index (χ1) is 8.75. The molecule has 1 aromatic carbocycles. The molecule has 18 heavy (non-hydrogen) atoms. The van der Waals surface area contributed by atoms with Gasteiger partial charge in [-0.3, -0.25) is 4.90 Å². The molecule has 0 saturated carbocycles. The van der Waals surface area contributed by atoms with Crippen LogP contribution in [0.15, 0.2) is 30.3 Å². The van der Waals surface area contributed by atoms with Crippen LogP contribution in [0.2, 0.25) is 0 Å². The van der Waals surface area contributed by atoms with E-state index in [1.165, 1.54) is 0 Å². The van der Waals surface area contributed by atoms with Gasteiger partial charge in [0.05, 0.1) is 6.10 Å². The zero-order chi connectivity index (χ0) is 12.5. The molecule has 98 valence electrons. The molecule has 0 spiro atoms. The molecule has 2 heterocycles. The van der Waals surface area contributed by atoms with Crippen molar-refractivity contribution in [1.29, 1.82) is 0 Å². The molecule has 3 rings (SSSR count). The Hall–Kier alpha value is -0.900. The van der Waals surface area contributed by atoms with Gasteiger partial charge < -0.3 is 10.4 Å². The van der Waals surface area contributed by atoms with Crippen LogP contribution < -0.4 is 5.32 Å². The Bertz CT molecular complexity index is 395. The topological polar surface area (TPSA) is 35.5 Å². The van der Waals surface area contributed by atoms with E-state index >= 15 is 0 Å². The Morgan fingerprint density at radius 1 is 1.33 bits per heavy atom. The largest absolute Gasteiger partial charge is 0.387 e. The van der Waals surface area contributed by atoms with Gasteiger partial charge in [0.15, 0.2) is 0 Å². The molecule has 4 atom stereocenters. The lowest BCUT2D eigenvalue weighted by Gasteiger charge is -2.26. The number of rotatable bonds is 3. The SMILES string of the molecule is CC1C2CNCC2CN1CC(O)c1ccccc1. The van der Waals surface area contributed by atoms with Crippen molar-refractivity contribution in [2.24, 2.45) is 11.8 Å². The first-order valence-electron chi connectivity index (χ1n) is 6.93. The summed E-state index contributed by atoms with van der Waals surface area (Å²) >= 11 is 0. The molecule has 2 aliphatic rings. The third-order valence-corrected chi connectivity index (χ3v) is 4.65.